The standard InChI is InChI=1S/C12H19N3O4/c1-18-7-4-14-10(16)8-15-11(17)12(9-13)2-5-19-6-3-12/h2-8H2,1H3,(H,14,16)(H,15,17). The van der Waals surface area contributed by atoms with Gasteiger partial charge in [-0.2, -0.15) is 5.26 Å². The first kappa shape index (κ1) is 15.4. The largest absolute Gasteiger partial charge is 0.383 e. The molecule has 0 saturated carbocycles. The zero-order chi connectivity index (χ0) is 14.1. The second-order valence-electron chi connectivity index (χ2n) is 4.33. The highest BCUT2D eigenvalue weighted by Gasteiger charge is 2.40. The molecular weight excluding hydrogens is 250 g/mol. The van der Waals surface area contributed by atoms with E-state index in [9.17, 15) is 9.59 Å². The Morgan fingerprint density at radius 3 is 2.63 bits per heavy atom. The molecule has 106 valence electrons. The van der Waals surface area contributed by atoms with E-state index in [-0.39, 0.29) is 12.5 Å². The van der Waals surface area contributed by atoms with Gasteiger partial charge in [0.25, 0.3) is 0 Å². The molecule has 1 heterocycles. The number of nitrogens with zero attached hydrogens (tertiary/aromatic N) is 1. The minimum Gasteiger partial charge on any atom is -0.383 e. The first-order chi connectivity index (χ1) is 9.14. The topological polar surface area (TPSA) is 100 Å². The second-order valence-corrected chi connectivity index (χ2v) is 4.33. The Balaban J connectivity index is 2.37. The Morgan fingerprint density at radius 2 is 2.05 bits per heavy atom. The maximum absolute atomic E-state index is 12.0. The molecule has 7 heteroatoms. The fourth-order valence-corrected chi connectivity index (χ4v) is 1.79. The van der Waals surface area contributed by atoms with Crippen LogP contribution < -0.4 is 10.6 Å². The molecule has 1 aliphatic heterocycles. The molecule has 0 radical (unpaired) electrons. The normalized spacial score (nSPS) is 17.3. The Morgan fingerprint density at radius 1 is 1.37 bits per heavy atom. The number of carbonyl (C=O) groups is 2. The molecule has 2 amide bonds. The maximum Gasteiger partial charge on any atom is 0.241 e. The van der Waals surface area contributed by atoms with E-state index in [1.807, 2.05) is 6.07 Å². The van der Waals surface area contributed by atoms with E-state index in [1.54, 1.807) is 0 Å². The summed E-state index contributed by atoms with van der Waals surface area (Å²) in [4.78, 5) is 23.4. The number of hydrogen-bond donors (Lipinski definition) is 2. The lowest BCUT2D eigenvalue weighted by molar-refractivity contribution is -0.134. The molecule has 0 aromatic rings. The van der Waals surface area contributed by atoms with Crippen LogP contribution in [0, 0.1) is 16.7 Å². The lowest BCUT2D eigenvalue weighted by Gasteiger charge is -2.29. The molecule has 19 heavy (non-hydrogen) atoms. The van der Waals surface area contributed by atoms with Crippen molar-refractivity contribution in [2.75, 3.05) is 40.0 Å². The van der Waals surface area contributed by atoms with E-state index in [2.05, 4.69) is 10.6 Å². The van der Waals surface area contributed by atoms with E-state index in [0.29, 0.717) is 39.2 Å². The summed E-state index contributed by atoms with van der Waals surface area (Å²) in [6.07, 6.45) is 0.723. The number of ether oxygens (including phenoxy) is 2. The maximum atomic E-state index is 12.0. The van der Waals surface area contributed by atoms with Crippen LogP contribution in [0.1, 0.15) is 12.8 Å². The van der Waals surface area contributed by atoms with Crippen molar-refractivity contribution in [1.82, 2.24) is 10.6 Å². The number of nitriles is 1. The van der Waals surface area contributed by atoms with Gasteiger partial charge in [-0.05, 0) is 12.8 Å². The van der Waals surface area contributed by atoms with Gasteiger partial charge in [-0.3, -0.25) is 9.59 Å². The van der Waals surface area contributed by atoms with Crippen molar-refractivity contribution in [3.63, 3.8) is 0 Å². The summed E-state index contributed by atoms with van der Waals surface area (Å²) in [5, 5.41) is 14.3. The Hall–Kier alpha value is -1.65. The number of hydrogen-bond acceptors (Lipinski definition) is 5. The van der Waals surface area contributed by atoms with Crippen LogP contribution in [0.25, 0.3) is 0 Å². The fraction of sp³-hybridized carbons (Fsp3) is 0.750. The quantitative estimate of drug-likeness (QED) is 0.614. The van der Waals surface area contributed by atoms with Gasteiger partial charge in [0.2, 0.25) is 11.8 Å². The minimum absolute atomic E-state index is 0.132. The first-order valence-corrected chi connectivity index (χ1v) is 6.17. The number of methoxy groups -OCH3 is 1. The number of amides is 2. The summed E-state index contributed by atoms with van der Waals surface area (Å²) in [6.45, 7) is 1.45. The van der Waals surface area contributed by atoms with Gasteiger partial charge in [0, 0.05) is 26.9 Å². The summed E-state index contributed by atoms with van der Waals surface area (Å²) in [5.74, 6) is -0.703. The number of rotatable bonds is 6. The van der Waals surface area contributed by atoms with Crippen LogP contribution in [0.2, 0.25) is 0 Å². The first-order valence-electron chi connectivity index (χ1n) is 6.17. The number of nitrogens with one attached hydrogen (secondary N) is 2. The van der Waals surface area contributed by atoms with Gasteiger partial charge < -0.3 is 20.1 Å². The van der Waals surface area contributed by atoms with Crippen molar-refractivity contribution in [2.24, 2.45) is 5.41 Å². The Bertz CT molecular complexity index is 358. The predicted molar refractivity (Wildman–Crippen MR) is 66.0 cm³/mol. The van der Waals surface area contributed by atoms with Gasteiger partial charge in [0.1, 0.15) is 5.41 Å². The summed E-state index contributed by atoms with van der Waals surface area (Å²) >= 11 is 0. The van der Waals surface area contributed by atoms with Crippen LogP contribution >= 0.6 is 0 Å². The predicted octanol–water partition coefficient (Wildman–Crippen LogP) is -0.814. The van der Waals surface area contributed by atoms with Crippen molar-refractivity contribution in [3.05, 3.63) is 0 Å². The van der Waals surface area contributed by atoms with Crippen molar-refractivity contribution in [3.8, 4) is 6.07 Å². The van der Waals surface area contributed by atoms with E-state index >= 15 is 0 Å². The zero-order valence-electron chi connectivity index (χ0n) is 11.0. The summed E-state index contributed by atoms with van der Waals surface area (Å²) in [7, 11) is 1.54. The minimum atomic E-state index is -1.06. The molecule has 1 saturated heterocycles. The third-order valence-electron chi connectivity index (χ3n) is 3.03. The molecule has 1 aliphatic rings. The molecule has 2 N–H and O–H groups in total. The van der Waals surface area contributed by atoms with Crippen molar-refractivity contribution in [2.45, 2.75) is 12.8 Å². The lowest BCUT2D eigenvalue weighted by Crippen LogP contribution is -2.47. The van der Waals surface area contributed by atoms with Crippen molar-refractivity contribution >= 4 is 11.8 Å². The van der Waals surface area contributed by atoms with E-state index in [0.717, 1.165) is 0 Å². The smallest absolute Gasteiger partial charge is 0.241 e. The van der Waals surface area contributed by atoms with E-state index in [4.69, 9.17) is 14.7 Å². The average molecular weight is 269 g/mol. The Labute approximate surface area is 112 Å². The van der Waals surface area contributed by atoms with Crippen LogP contribution in [0.4, 0.5) is 0 Å². The van der Waals surface area contributed by atoms with Gasteiger partial charge in [-0.15, -0.1) is 0 Å². The lowest BCUT2D eigenvalue weighted by atomic mass is 9.81. The highest BCUT2D eigenvalue weighted by atomic mass is 16.5. The van der Waals surface area contributed by atoms with Crippen LogP contribution in [-0.2, 0) is 19.1 Å². The SMILES string of the molecule is COCCNC(=O)CNC(=O)C1(C#N)CCOCC1. The molecule has 0 aromatic carbocycles. The molecule has 0 aromatic heterocycles. The van der Waals surface area contributed by atoms with Gasteiger partial charge >= 0.3 is 0 Å². The fourth-order valence-electron chi connectivity index (χ4n) is 1.79. The molecule has 1 fully saturated rings. The molecule has 0 atom stereocenters. The van der Waals surface area contributed by atoms with Crippen LogP contribution in [-0.4, -0.2) is 51.8 Å². The van der Waals surface area contributed by atoms with E-state index < -0.39 is 11.3 Å². The monoisotopic (exact) mass is 269 g/mol. The highest BCUT2D eigenvalue weighted by Crippen LogP contribution is 2.29. The van der Waals surface area contributed by atoms with Gasteiger partial charge in [-0.25, -0.2) is 0 Å². The van der Waals surface area contributed by atoms with Gasteiger partial charge in [0.05, 0.1) is 19.2 Å². The van der Waals surface area contributed by atoms with Crippen LogP contribution in [0.15, 0.2) is 0 Å². The van der Waals surface area contributed by atoms with Crippen LogP contribution in [0.3, 0.4) is 0 Å². The zero-order valence-corrected chi connectivity index (χ0v) is 11.0. The third-order valence-corrected chi connectivity index (χ3v) is 3.03. The average Bonchev–Trinajstić information content (AvgIpc) is 2.45. The molecule has 0 aliphatic carbocycles. The van der Waals surface area contributed by atoms with Crippen molar-refractivity contribution < 1.29 is 19.1 Å². The highest BCUT2D eigenvalue weighted by molar-refractivity contribution is 5.89. The van der Waals surface area contributed by atoms with Crippen LogP contribution in [0.5, 0.6) is 0 Å². The summed E-state index contributed by atoms with van der Waals surface area (Å²) < 4.78 is 9.93. The summed E-state index contributed by atoms with van der Waals surface area (Å²) in [6, 6.07) is 2.05. The van der Waals surface area contributed by atoms with Gasteiger partial charge in [0.15, 0.2) is 0 Å². The Kier molecular flexibility index (Phi) is 6.25. The second kappa shape index (κ2) is 7.71. The molecule has 7 nitrogen and oxygen atoms in total. The molecular formula is C12H19N3O4. The van der Waals surface area contributed by atoms with Crippen molar-refractivity contribution in [1.29, 1.82) is 5.26 Å². The molecule has 0 spiro atoms. The molecule has 0 bridgehead atoms. The number of carbonyl (C=O) groups excluding carboxylic acids is 2. The van der Waals surface area contributed by atoms with Gasteiger partial charge in [-0.1, -0.05) is 0 Å². The molecule has 0 unspecified atom stereocenters. The molecule has 1 rings (SSSR count). The third kappa shape index (κ3) is 4.50. The summed E-state index contributed by atoms with van der Waals surface area (Å²) in [5.41, 5.74) is -1.06. The van der Waals surface area contributed by atoms with E-state index in [1.165, 1.54) is 7.11 Å².